The van der Waals surface area contributed by atoms with Gasteiger partial charge in [-0.1, -0.05) is 27.5 Å². The molecule has 0 saturated carbocycles. The topological polar surface area (TPSA) is 73.5 Å². The zero-order chi connectivity index (χ0) is 17.1. The Kier molecular flexibility index (Phi) is 5.37. The van der Waals surface area contributed by atoms with Gasteiger partial charge in [0.05, 0.1) is 24.5 Å². The van der Waals surface area contributed by atoms with Gasteiger partial charge in [0.1, 0.15) is 23.9 Å². The van der Waals surface area contributed by atoms with Crippen LogP contribution >= 0.6 is 27.5 Å². The molecule has 9 heteroatoms. The van der Waals surface area contributed by atoms with Gasteiger partial charge in [-0.15, -0.1) is 0 Å². The lowest BCUT2D eigenvalue weighted by atomic mass is 10.2. The van der Waals surface area contributed by atoms with Crippen LogP contribution in [0, 0.1) is 5.82 Å². The minimum atomic E-state index is -0.553. The van der Waals surface area contributed by atoms with Crippen LogP contribution in [0.15, 0.2) is 22.9 Å². The number of ether oxygens (including phenoxy) is 2. The second-order valence-corrected chi connectivity index (χ2v) is 6.43. The summed E-state index contributed by atoms with van der Waals surface area (Å²) in [6, 6.07) is 2.86. The summed E-state index contributed by atoms with van der Waals surface area (Å²) in [7, 11) is 0. The van der Waals surface area contributed by atoms with Gasteiger partial charge >= 0.3 is 0 Å². The Hall–Kier alpha value is -1.64. The highest BCUT2D eigenvalue weighted by atomic mass is 79.9. The van der Waals surface area contributed by atoms with E-state index in [1.165, 1.54) is 12.4 Å². The van der Waals surface area contributed by atoms with Gasteiger partial charge in [0.25, 0.3) is 0 Å². The molecule has 1 aliphatic heterocycles. The molecule has 0 radical (unpaired) electrons. The number of rotatable bonds is 4. The average molecular weight is 418 g/mol. The molecule has 1 saturated heterocycles. The molecule has 1 aromatic carbocycles. The van der Waals surface area contributed by atoms with Crippen molar-refractivity contribution in [2.45, 2.75) is 6.61 Å². The van der Waals surface area contributed by atoms with Gasteiger partial charge in [-0.25, -0.2) is 14.4 Å². The molecule has 0 aliphatic carbocycles. The first-order valence-electron chi connectivity index (χ1n) is 7.25. The maximum atomic E-state index is 14.0. The van der Waals surface area contributed by atoms with Crippen LogP contribution in [-0.4, -0.2) is 36.3 Å². The van der Waals surface area contributed by atoms with E-state index in [0.717, 1.165) is 0 Å². The molecule has 0 unspecified atom stereocenters. The summed E-state index contributed by atoms with van der Waals surface area (Å²) in [4.78, 5) is 10.3. The fourth-order valence-electron chi connectivity index (χ4n) is 2.43. The second-order valence-electron chi connectivity index (χ2n) is 5.16. The molecule has 3 rings (SSSR count). The molecule has 0 amide bonds. The third kappa shape index (κ3) is 3.71. The molecule has 0 bridgehead atoms. The molecule has 2 heterocycles. The highest BCUT2D eigenvalue weighted by Gasteiger charge is 2.20. The molecule has 0 atom stereocenters. The van der Waals surface area contributed by atoms with Crippen molar-refractivity contribution in [1.29, 1.82) is 0 Å². The maximum Gasteiger partial charge on any atom is 0.178 e. The molecule has 128 valence electrons. The summed E-state index contributed by atoms with van der Waals surface area (Å²) in [5.74, 6) is 0.0863. The van der Waals surface area contributed by atoms with Gasteiger partial charge < -0.3 is 20.1 Å². The van der Waals surface area contributed by atoms with Gasteiger partial charge in [0.15, 0.2) is 11.6 Å². The van der Waals surface area contributed by atoms with E-state index in [1.807, 2.05) is 4.90 Å². The maximum absolute atomic E-state index is 14.0. The summed E-state index contributed by atoms with van der Waals surface area (Å²) in [6.07, 6.45) is 1.39. The molecular weight excluding hydrogens is 403 g/mol. The summed E-state index contributed by atoms with van der Waals surface area (Å²) < 4.78 is 25.5. The summed E-state index contributed by atoms with van der Waals surface area (Å²) >= 11 is 9.38. The number of anilines is 2. The Bertz CT molecular complexity index is 720. The first-order valence-corrected chi connectivity index (χ1v) is 8.42. The van der Waals surface area contributed by atoms with Crippen LogP contribution in [0.5, 0.6) is 5.75 Å². The minimum Gasteiger partial charge on any atom is -0.483 e. The van der Waals surface area contributed by atoms with Crippen molar-refractivity contribution in [3.05, 3.63) is 39.5 Å². The van der Waals surface area contributed by atoms with Crippen molar-refractivity contribution in [1.82, 2.24) is 9.97 Å². The molecule has 2 N–H and O–H groups in total. The fraction of sp³-hybridized carbons (Fsp3) is 0.333. The Labute approximate surface area is 151 Å². The number of benzene rings is 1. The van der Waals surface area contributed by atoms with Crippen LogP contribution in [0.2, 0.25) is 5.15 Å². The van der Waals surface area contributed by atoms with Crippen molar-refractivity contribution in [2.24, 2.45) is 0 Å². The van der Waals surface area contributed by atoms with Gasteiger partial charge in [-0.3, -0.25) is 0 Å². The molecule has 1 fully saturated rings. The number of hydrogen-bond donors (Lipinski definition) is 1. The van der Waals surface area contributed by atoms with Crippen molar-refractivity contribution >= 4 is 39.0 Å². The SMILES string of the molecule is Nc1cc(Br)cc(F)c1OCc1c(Cl)ncnc1N1CCOCC1. The van der Waals surface area contributed by atoms with Gasteiger partial charge in [-0.05, 0) is 12.1 Å². The van der Waals surface area contributed by atoms with E-state index in [0.29, 0.717) is 42.2 Å². The number of nitrogen functional groups attached to an aromatic ring is 1. The van der Waals surface area contributed by atoms with Gasteiger partial charge in [0, 0.05) is 17.6 Å². The predicted octanol–water partition coefficient (Wildman–Crippen LogP) is 3.03. The lowest BCUT2D eigenvalue weighted by Crippen LogP contribution is -2.37. The van der Waals surface area contributed by atoms with E-state index in [2.05, 4.69) is 25.9 Å². The van der Waals surface area contributed by atoms with E-state index in [-0.39, 0.29) is 23.2 Å². The van der Waals surface area contributed by atoms with Crippen LogP contribution < -0.4 is 15.4 Å². The Morgan fingerprint density at radius 1 is 1.33 bits per heavy atom. The quantitative estimate of drug-likeness (QED) is 0.609. The first-order chi connectivity index (χ1) is 11.6. The fourth-order valence-corrected chi connectivity index (χ4v) is 3.06. The molecule has 6 nitrogen and oxygen atoms in total. The smallest absolute Gasteiger partial charge is 0.178 e. The van der Waals surface area contributed by atoms with E-state index >= 15 is 0 Å². The number of aromatic nitrogens is 2. The lowest BCUT2D eigenvalue weighted by molar-refractivity contribution is 0.122. The number of hydrogen-bond acceptors (Lipinski definition) is 6. The highest BCUT2D eigenvalue weighted by molar-refractivity contribution is 9.10. The number of halogens is 3. The van der Waals surface area contributed by atoms with Gasteiger partial charge in [-0.2, -0.15) is 0 Å². The molecule has 1 aliphatic rings. The van der Waals surface area contributed by atoms with Gasteiger partial charge in [0.2, 0.25) is 0 Å². The normalized spacial score (nSPS) is 14.7. The van der Waals surface area contributed by atoms with E-state index in [1.54, 1.807) is 6.07 Å². The Morgan fingerprint density at radius 2 is 2.08 bits per heavy atom. The highest BCUT2D eigenvalue weighted by Crippen LogP contribution is 2.32. The summed E-state index contributed by atoms with van der Waals surface area (Å²) in [6.45, 7) is 2.60. The summed E-state index contributed by atoms with van der Waals surface area (Å²) in [5.41, 5.74) is 6.60. The van der Waals surface area contributed by atoms with Crippen molar-refractivity contribution in [3.63, 3.8) is 0 Å². The molecule has 1 aromatic heterocycles. The number of nitrogens with two attached hydrogens (primary N) is 1. The predicted molar refractivity (Wildman–Crippen MR) is 92.9 cm³/mol. The summed E-state index contributed by atoms with van der Waals surface area (Å²) in [5, 5.41) is 0.266. The van der Waals surface area contributed by atoms with Crippen molar-refractivity contribution in [2.75, 3.05) is 36.9 Å². The standard InChI is InChI=1S/C15H15BrClFN4O2/c16-9-5-11(18)13(12(19)6-9)24-7-10-14(17)20-8-21-15(10)22-1-3-23-4-2-22/h5-6,8H,1-4,7,19H2. The average Bonchev–Trinajstić information content (AvgIpc) is 2.56. The van der Waals surface area contributed by atoms with Crippen molar-refractivity contribution < 1.29 is 13.9 Å². The van der Waals surface area contributed by atoms with E-state index in [9.17, 15) is 4.39 Å². The van der Waals surface area contributed by atoms with Crippen LogP contribution in [0.1, 0.15) is 5.56 Å². The molecule has 2 aromatic rings. The van der Waals surface area contributed by atoms with E-state index < -0.39 is 5.82 Å². The number of nitrogens with zero attached hydrogens (tertiary/aromatic N) is 3. The minimum absolute atomic E-state index is 0.00904. The third-order valence-electron chi connectivity index (χ3n) is 3.58. The van der Waals surface area contributed by atoms with E-state index in [4.69, 9.17) is 26.8 Å². The Morgan fingerprint density at radius 3 is 2.79 bits per heavy atom. The molecular formula is C15H15BrClFN4O2. The third-order valence-corrected chi connectivity index (χ3v) is 4.36. The second kappa shape index (κ2) is 7.50. The zero-order valence-electron chi connectivity index (χ0n) is 12.6. The lowest BCUT2D eigenvalue weighted by Gasteiger charge is -2.29. The van der Waals surface area contributed by atoms with Crippen LogP contribution in [-0.2, 0) is 11.3 Å². The monoisotopic (exact) mass is 416 g/mol. The van der Waals surface area contributed by atoms with Crippen LogP contribution in [0.3, 0.4) is 0 Å². The van der Waals surface area contributed by atoms with Crippen LogP contribution in [0.4, 0.5) is 15.9 Å². The molecule has 24 heavy (non-hydrogen) atoms. The molecule has 0 spiro atoms. The first kappa shape index (κ1) is 17.2. The van der Waals surface area contributed by atoms with Crippen LogP contribution in [0.25, 0.3) is 0 Å². The number of morpholine rings is 1. The van der Waals surface area contributed by atoms with Crippen molar-refractivity contribution in [3.8, 4) is 5.75 Å². The zero-order valence-corrected chi connectivity index (χ0v) is 15.0. The Balaban J connectivity index is 1.85. The largest absolute Gasteiger partial charge is 0.483 e.